The van der Waals surface area contributed by atoms with E-state index in [1.807, 2.05) is 6.07 Å². The molecule has 0 aromatic heterocycles. The van der Waals surface area contributed by atoms with Crippen LogP contribution in [-0.4, -0.2) is 24.5 Å². The summed E-state index contributed by atoms with van der Waals surface area (Å²) in [5.74, 6) is 0.0850. The molecule has 1 fully saturated rings. The highest BCUT2D eigenvalue weighted by atomic mass is 16.1. The molecule has 0 saturated heterocycles. The molecule has 1 saturated carbocycles. The SMILES string of the molecule is CC(=O)N[C@@H]1CCCC[C@H]1NCCc1ccccc1. The number of nitrogens with one attached hydrogen (secondary N) is 2. The minimum Gasteiger partial charge on any atom is -0.352 e. The van der Waals surface area contributed by atoms with Crippen LogP contribution in [0.5, 0.6) is 0 Å². The Morgan fingerprint density at radius 3 is 2.53 bits per heavy atom. The van der Waals surface area contributed by atoms with E-state index in [-0.39, 0.29) is 5.91 Å². The first-order valence-electron chi connectivity index (χ1n) is 7.30. The molecule has 1 aliphatic carbocycles. The predicted molar refractivity (Wildman–Crippen MR) is 78.0 cm³/mol. The molecule has 0 heterocycles. The lowest BCUT2D eigenvalue weighted by molar-refractivity contribution is -0.120. The summed E-state index contributed by atoms with van der Waals surface area (Å²) in [4.78, 5) is 11.2. The van der Waals surface area contributed by atoms with E-state index in [1.165, 1.54) is 24.8 Å². The summed E-state index contributed by atoms with van der Waals surface area (Å²) in [6.45, 7) is 2.58. The van der Waals surface area contributed by atoms with Gasteiger partial charge in [-0.05, 0) is 31.4 Å². The summed E-state index contributed by atoms with van der Waals surface area (Å²) in [7, 11) is 0. The number of amides is 1. The lowest BCUT2D eigenvalue weighted by Gasteiger charge is -2.32. The monoisotopic (exact) mass is 260 g/mol. The van der Waals surface area contributed by atoms with Gasteiger partial charge in [0.25, 0.3) is 0 Å². The van der Waals surface area contributed by atoms with Crippen LogP contribution >= 0.6 is 0 Å². The molecule has 0 bridgehead atoms. The van der Waals surface area contributed by atoms with Crippen LogP contribution in [0, 0.1) is 0 Å². The highest BCUT2D eigenvalue weighted by Gasteiger charge is 2.24. The fourth-order valence-electron chi connectivity index (χ4n) is 2.86. The van der Waals surface area contributed by atoms with E-state index in [9.17, 15) is 4.79 Å². The van der Waals surface area contributed by atoms with Crippen LogP contribution in [-0.2, 0) is 11.2 Å². The molecule has 2 N–H and O–H groups in total. The van der Waals surface area contributed by atoms with Crippen LogP contribution in [0.25, 0.3) is 0 Å². The minimum atomic E-state index is 0.0850. The number of carbonyl (C=O) groups excluding carboxylic acids is 1. The quantitative estimate of drug-likeness (QED) is 0.852. The Morgan fingerprint density at radius 1 is 1.16 bits per heavy atom. The Morgan fingerprint density at radius 2 is 1.84 bits per heavy atom. The van der Waals surface area contributed by atoms with Gasteiger partial charge in [-0.3, -0.25) is 4.79 Å². The lowest BCUT2D eigenvalue weighted by atomic mass is 9.90. The van der Waals surface area contributed by atoms with Crippen molar-refractivity contribution in [3.63, 3.8) is 0 Å². The normalized spacial score (nSPS) is 23.0. The molecule has 1 aromatic carbocycles. The van der Waals surface area contributed by atoms with E-state index in [2.05, 4.69) is 34.9 Å². The van der Waals surface area contributed by atoms with E-state index in [1.54, 1.807) is 6.92 Å². The van der Waals surface area contributed by atoms with Crippen molar-refractivity contribution < 1.29 is 4.79 Å². The van der Waals surface area contributed by atoms with Crippen molar-refractivity contribution in [2.24, 2.45) is 0 Å². The molecular formula is C16H24N2O. The Kier molecular flexibility index (Phi) is 5.40. The van der Waals surface area contributed by atoms with Gasteiger partial charge in [0, 0.05) is 19.0 Å². The van der Waals surface area contributed by atoms with Gasteiger partial charge in [-0.2, -0.15) is 0 Å². The first kappa shape index (κ1) is 14.1. The van der Waals surface area contributed by atoms with Crippen molar-refractivity contribution in [1.29, 1.82) is 0 Å². The topological polar surface area (TPSA) is 41.1 Å². The minimum absolute atomic E-state index is 0.0850. The number of hydrogen-bond acceptors (Lipinski definition) is 2. The third kappa shape index (κ3) is 4.67. The molecule has 104 valence electrons. The van der Waals surface area contributed by atoms with Crippen molar-refractivity contribution in [1.82, 2.24) is 10.6 Å². The van der Waals surface area contributed by atoms with E-state index in [0.717, 1.165) is 19.4 Å². The van der Waals surface area contributed by atoms with Gasteiger partial charge in [-0.15, -0.1) is 0 Å². The summed E-state index contributed by atoms with van der Waals surface area (Å²) >= 11 is 0. The third-order valence-corrected chi connectivity index (χ3v) is 3.82. The second-order valence-corrected chi connectivity index (χ2v) is 5.39. The summed E-state index contributed by atoms with van der Waals surface area (Å²) < 4.78 is 0. The number of benzene rings is 1. The highest BCUT2D eigenvalue weighted by Crippen LogP contribution is 2.18. The van der Waals surface area contributed by atoms with E-state index >= 15 is 0 Å². The Labute approximate surface area is 115 Å². The first-order valence-corrected chi connectivity index (χ1v) is 7.30. The molecular weight excluding hydrogens is 236 g/mol. The molecule has 0 radical (unpaired) electrons. The van der Waals surface area contributed by atoms with Crippen molar-refractivity contribution in [2.75, 3.05) is 6.54 Å². The molecule has 1 amide bonds. The maximum Gasteiger partial charge on any atom is 0.217 e. The van der Waals surface area contributed by atoms with Crippen LogP contribution in [0.3, 0.4) is 0 Å². The summed E-state index contributed by atoms with van der Waals surface area (Å²) in [5, 5.41) is 6.69. The fourth-order valence-corrected chi connectivity index (χ4v) is 2.86. The third-order valence-electron chi connectivity index (χ3n) is 3.82. The molecule has 1 aromatic rings. The molecule has 19 heavy (non-hydrogen) atoms. The van der Waals surface area contributed by atoms with Crippen LogP contribution < -0.4 is 10.6 Å². The van der Waals surface area contributed by atoms with Crippen molar-refractivity contribution in [3.05, 3.63) is 35.9 Å². The van der Waals surface area contributed by atoms with E-state index in [4.69, 9.17) is 0 Å². The Balaban J connectivity index is 1.78. The van der Waals surface area contributed by atoms with Crippen LogP contribution in [0.15, 0.2) is 30.3 Å². The van der Waals surface area contributed by atoms with Gasteiger partial charge in [0.2, 0.25) is 5.91 Å². The van der Waals surface area contributed by atoms with E-state index < -0.39 is 0 Å². The van der Waals surface area contributed by atoms with Gasteiger partial charge in [-0.25, -0.2) is 0 Å². The van der Waals surface area contributed by atoms with Gasteiger partial charge in [0.1, 0.15) is 0 Å². The van der Waals surface area contributed by atoms with Crippen LogP contribution in [0.4, 0.5) is 0 Å². The van der Waals surface area contributed by atoms with Crippen molar-refractivity contribution in [3.8, 4) is 0 Å². The Hall–Kier alpha value is -1.35. The zero-order valence-corrected chi connectivity index (χ0v) is 11.7. The number of rotatable bonds is 5. The average molecular weight is 260 g/mol. The smallest absolute Gasteiger partial charge is 0.217 e. The van der Waals surface area contributed by atoms with Crippen molar-refractivity contribution >= 4 is 5.91 Å². The number of hydrogen-bond donors (Lipinski definition) is 2. The van der Waals surface area contributed by atoms with Gasteiger partial charge in [0.15, 0.2) is 0 Å². The van der Waals surface area contributed by atoms with Crippen LogP contribution in [0.2, 0.25) is 0 Å². The fraction of sp³-hybridized carbons (Fsp3) is 0.562. The second kappa shape index (κ2) is 7.29. The summed E-state index contributed by atoms with van der Waals surface area (Å²) in [6.07, 6.45) is 5.80. The second-order valence-electron chi connectivity index (χ2n) is 5.39. The largest absolute Gasteiger partial charge is 0.352 e. The zero-order chi connectivity index (χ0) is 13.5. The van der Waals surface area contributed by atoms with Gasteiger partial charge < -0.3 is 10.6 Å². The maximum absolute atomic E-state index is 11.2. The van der Waals surface area contributed by atoms with Gasteiger partial charge >= 0.3 is 0 Å². The van der Waals surface area contributed by atoms with E-state index in [0.29, 0.717) is 12.1 Å². The first-order chi connectivity index (χ1) is 9.25. The molecule has 2 atom stereocenters. The Bertz CT molecular complexity index is 391. The molecule has 0 unspecified atom stereocenters. The lowest BCUT2D eigenvalue weighted by Crippen LogP contribution is -2.51. The summed E-state index contributed by atoms with van der Waals surface area (Å²) in [6, 6.07) is 11.3. The standard InChI is InChI=1S/C16H24N2O/c1-13(19)18-16-10-6-5-9-15(16)17-12-11-14-7-3-2-4-8-14/h2-4,7-8,15-17H,5-6,9-12H2,1H3,(H,18,19)/t15-,16-/m1/s1. The highest BCUT2D eigenvalue weighted by molar-refractivity contribution is 5.73. The molecule has 1 aliphatic rings. The predicted octanol–water partition coefficient (Wildman–Crippen LogP) is 2.27. The maximum atomic E-state index is 11.2. The van der Waals surface area contributed by atoms with Gasteiger partial charge in [0.05, 0.1) is 0 Å². The molecule has 0 aliphatic heterocycles. The average Bonchev–Trinajstić information content (AvgIpc) is 2.41. The molecule has 3 nitrogen and oxygen atoms in total. The molecule has 3 heteroatoms. The van der Waals surface area contributed by atoms with Gasteiger partial charge in [-0.1, -0.05) is 43.2 Å². The summed E-state index contributed by atoms with van der Waals surface area (Å²) in [5.41, 5.74) is 1.36. The van der Waals surface area contributed by atoms with Crippen molar-refractivity contribution in [2.45, 2.75) is 51.1 Å². The molecule has 0 spiro atoms. The zero-order valence-electron chi connectivity index (χ0n) is 11.7. The molecule has 2 rings (SSSR count). The van der Waals surface area contributed by atoms with Crippen LogP contribution in [0.1, 0.15) is 38.2 Å². The number of carbonyl (C=O) groups is 1.